The molecule has 0 amide bonds. The van der Waals surface area contributed by atoms with E-state index in [1.807, 2.05) is 38.1 Å². The van der Waals surface area contributed by atoms with Gasteiger partial charge in [0.15, 0.2) is 0 Å². The predicted octanol–water partition coefficient (Wildman–Crippen LogP) is 3.29. The Morgan fingerprint density at radius 2 is 2.00 bits per heavy atom. The van der Waals surface area contributed by atoms with Gasteiger partial charge in [-0.3, -0.25) is 0 Å². The molecule has 1 aromatic rings. The first-order chi connectivity index (χ1) is 8.63. The van der Waals surface area contributed by atoms with Crippen molar-refractivity contribution in [1.29, 1.82) is 0 Å². The zero-order chi connectivity index (χ0) is 13.4. The fourth-order valence-corrected chi connectivity index (χ4v) is 1.71. The molecule has 0 spiro atoms. The number of ether oxygens (including phenoxy) is 2. The summed E-state index contributed by atoms with van der Waals surface area (Å²) in [7, 11) is 0. The van der Waals surface area contributed by atoms with Crippen LogP contribution in [0, 0.1) is 0 Å². The molecule has 0 heterocycles. The highest BCUT2D eigenvalue weighted by Gasteiger charge is 2.07. The number of hydrogen-bond donors (Lipinski definition) is 1. The van der Waals surface area contributed by atoms with Crippen LogP contribution in [0.3, 0.4) is 0 Å². The van der Waals surface area contributed by atoms with Gasteiger partial charge in [0.05, 0.1) is 6.10 Å². The van der Waals surface area contributed by atoms with Gasteiger partial charge in [-0.25, -0.2) is 0 Å². The van der Waals surface area contributed by atoms with E-state index in [2.05, 4.69) is 6.92 Å². The minimum atomic E-state index is 0.0116. The van der Waals surface area contributed by atoms with Gasteiger partial charge in [0.25, 0.3) is 0 Å². The SMILES string of the molecule is CCCOCCC(N)c1cccc(OC(C)C)c1. The third-order valence-electron chi connectivity index (χ3n) is 2.58. The number of benzene rings is 1. The van der Waals surface area contributed by atoms with E-state index in [4.69, 9.17) is 15.2 Å². The number of rotatable bonds is 8. The van der Waals surface area contributed by atoms with E-state index in [-0.39, 0.29) is 12.1 Å². The Morgan fingerprint density at radius 3 is 2.67 bits per heavy atom. The maximum Gasteiger partial charge on any atom is 0.120 e. The molecule has 0 aliphatic rings. The maximum absolute atomic E-state index is 6.14. The first-order valence-corrected chi connectivity index (χ1v) is 6.73. The molecule has 0 saturated carbocycles. The minimum absolute atomic E-state index is 0.0116. The average Bonchev–Trinajstić information content (AvgIpc) is 2.34. The smallest absolute Gasteiger partial charge is 0.120 e. The van der Waals surface area contributed by atoms with Gasteiger partial charge >= 0.3 is 0 Å². The van der Waals surface area contributed by atoms with Crippen LogP contribution in [0.15, 0.2) is 24.3 Å². The van der Waals surface area contributed by atoms with Crippen LogP contribution in [0.25, 0.3) is 0 Å². The van der Waals surface area contributed by atoms with Gasteiger partial charge in [0.2, 0.25) is 0 Å². The molecule has 18 heavy (non-hydrogen) atoms. The van der Waals surface area contributed by atoms with Crippen LogP contribution in [-0.4, -0.2) is 19.3 Å². The molecule has 1 aromatic carbocycles. The quantitative estimate of drug-likeness (QED) is 0.721. The van der Waals surface area contributed by atoms with E-state index >= 15 is 0 Å². The zero-order valence-corrected chi connectivity index (χ0v) is 11.7. The monoisotopic (exact) mass is 251 g/mol. The Bertz CT molecular complexity index is 339. The molecule has 2 N–H and O–H groups in total. The summed E-state index contributed by atoms with van der Waals surface area (Å²) in [6.07, 6.45) is 2.07. The lowest BCUT2D eigenvalue weighted by Gasteiger charge is -2.15. The van der Waals surface area contributed by atoms with Gasteiger partial charge in [-0.05, 0) is 44.4 Å². The minimum Gasteiger partial charge on any atom is -0.491 e. The molecule has 0 aromatic heterocycles. The van der Waals surface area contributed by atoms with E-state index < -0.39 is 0 Å². The van der Waals surface area contributed by atoms with Crippen LogP contribution in [0.1, 0.15) is 45.2 Å². The van der Waals surface area contributed by atoms with Crippen molar-refractivity contribution in [3.63, 3.8) is 0 Å². The van der Waals surface area contributed by atoms with E-state index in [0.717, 1.165) is 30.8 Å². The summed E-state index contributed by atoms with van der Waals surface area (Å²) in [5.41, 5.74) is 7.25. The van der Waals surface area contributed by atoms with E-state index in [9.17, 15) is 0 Å². The van der Waals surface area contributed by atoms with Crippen molar-refractivity contribution in [2.45, 2.75) is 45.8 Å². The second-order valence-electron chi connectivity index (χ2n) is 4.75. The van der Waals surface area contributed by atoms with E-state index in [1.54, 1.807) is 0 Å². The second kappa shape index (κ2) is 8.11. The van der Waals surface area contributed by atoms with Crippen LogP contribution < -0.4 is 10.5 Å². The Morgan fingerprint density at radius 1 is 1.22 bits per heavy atom. The molecular formula is C15H25NO2. The Kier molecular flexibility index (Phi) is 6.76. The lowest BCUT2D eigenvalue weighted by molar-refractivity contribution is 0.127. The summed E-state index contributed by atoms with van der Waals surface area (Å²) in [6.45, 7) is 7.66. The lowest BCUT2D eigenvalue weighted by atomic mass is 10.0. The van der Waals surface area contributed by atoms with Crippen molar-refractivity contribution in [3.8, 4) is 5.75 Å². The topological polar surface area (TPSA) is 44.5 Å². The lowest BCUT2D eigenvalue weighted by Crippen LogP contribution is -2.14. The van der Waals surface area contributed by atoms with E-state index in [0.29, 0.717) is 6.61 Å². The Labute approximate surface area is 110 Å². The summed E-state index contributed by atoms with van der Waals surface area (Å²) < 4.78 is 11.1. The highest BCUT2D eigenvalue weighted by atomic mass is 16.5. The number of nitrogens with two attached hydrogens (primary N) is 1. The summed E-state index contributed by atoms with van der Waals surface area (Å²) in [4.78, 5) is 0. The van der Waals surface area contributed by atoms with Crippen LogP contribution in [-0.2, 0) is 4.74 Å². The van der Waals surface area contributed by atoms with Crippen molar-refractivity contribution in [3.05, 3.63) is 29.8 Å². The van der Waals surface area contributed by atoms with Crippen LogP contribution in [0.4, 0.5) is 0 Å². The molecule has 0 radical (unpaired) electrons. The van der Waals surface area contributed by atoms with Crippen LogP contribution in [0.5, 0.6) is 5.75 Å². The van der Waals surface area contributed by atoms with Gasteiger partial charge in [-0.1, -0.05) is 19.1 Å². The third-order valence-corrected chi connectivity index (χ3v) is 2.58. The summed E-state index contributed by atoms with van der Waals surface area (Å²) in [6, 6.07) is 8.02. The molecule has 0 aliphatic carbocycles. The van der Waals surface area contributed by atoms with Crippen molar-refractivity contribution < 1.29 is 9.47 Å². The second-order valence-corrected chi connectivity index (χ2v) is 4.75. The largest absolute Gasteiger partial charge is 0.491 e. The van der Waals surface area contributed by atoms with E-state index in [1.165, 1.54) is 0 Å². The standard InChI is InChI=1S/C15H25NO2/c1-4-9-17-10-8-15(16)13-6-5-7-14(11-13)18-12(2)3/h5-7,11-12,15H,4,8-10,16H2,1-3H3. The molecule has 1 atom stereocenters. The maximum atomic E-state index is 6.14. The number of hydrogen-bond acceptors (Lipinski definition) is 3. The molecule has 102 valence electrons. The Balaban J connectivity index is 2.48. The molecule has 3 nitrogen and oxygen atoms in total. The molecule has 1 rings (SSSR count). The highest BCUT2D eigenvalue weighted by molar-refractivity contribution is 5.30. The van der Waals surface area contributed by atoms with Gasteiger partial charge in [-0.2, -0.15) is 0 Å². The fraction of sp³-hybridized carbons (Fsp3) is 0.600. The average molecular weight is 251 g/mol. The summed E-state index contributed by atoms with van der Waals surface area (Å²) >= 11 is 0. The molecule has 0 saturated heterocycles. The summed E-state index contributed by atoms with van der Waals surface area (Å²) in [5, 5.41) is 0. The van der Waals surface area contributed by atoms with Gasteiger partial charge in [0.1, 0.15) is 5.75 Å². The molecule has 1 unspecified atom stereocenters. The molecule has 0 bridgehead atoms. The molecule has 0 fully saturated rings. The zero-order valence-electron chi connectivity index (χ0n) is 11.7. The molecular weight excluding hydrogens is 226 g/mol. The molecule has 0 aliphatic heterocycles. The van der Waals surface area contributed by atoms with Crippen LogP contribution in [0.2, 0.25) is 0 Å². The summed E-state index contributed by atoms with van der Waals surface area (Å²) in [5.74, 6) is 0.882. The van der Waals surface area contributed by atoms with Crippen molar-refractivity contribution in [1.82, 2.24) is 0 Å². The molecule has 3 heteroatoms. The fourth-order valence-electron chi connectivity index (χ4n) is 1.71. The Hall–Kier alpha value is -1.06. The van der Waals surface area contributed by atoms with Crippen molar-refractivity contribution in [2.24, 2.45) is 5.73 Å². The highest BCUT2D eigenvalue weighted by Crippen LogP contribution is 2.20. The van der Waals surface area contributed by atoms with Crippen LogP contribution >= 0.6 is 0 Å². The van der Waals surface area contributed by atoms with Gasteiger partial charge < -0.3 is 15.2 Å². The van der Waals surface area contributed by atoms with Gasteiger partial charge in [0, 0.05) is 19.3 Å². The van der Waals surface area contributed by atoms with Crippen molar-refractivity contribution >= 4 is 0 Å². The predicted molar refractivity (Wildman–Crippen MR) is 74.9 cm³/mol. The third kappa shape index (κ3) is 5.52. The van der Waals surface area contributed by atoms with Crippen molar-refractivity contribution in [2.75, 3.05) is 13.2 Å². The van der Waals surface area contributed by atoms with Gasteiger partial charge in [-0.15, -0.1) is 0 Å². The first kappa shape index (κ1) is 15.0. The first-order valence-electron chi connectivity index (χ1n) is 6.73. The normalized spacial score (nSPS) is 12.7.